The molecule has 3 nitrogen and oxygen atoms in total. The highest BCUT2D eigenvalue weighted by atomic mass is 79.9. The van der Waals surface area contributed by atoms with Gasteiger partial charge in [0.2, 0.25) is 0 Å². The van der Waals surface area contributed by atoms with Crippen LogP contribution >= 0.6 is 27.3 Å². The predicted octanol–water partition coefficient (Wildman–Crippen LogP) is 3.43. The van der Waals surface area contributed by atoms with Crippen molar-refractivity contribution in [3.63, 3.8) is 0 Å². The molecular weight excluding hydrogens is 310 g/mol. The van der Waals surface area contributed by atoms with Crippen LogP contribution in [0.25, 0.3) is 0 Å². The number of nitrogens with one attached hydrogen (secondary N) is 1. The molecular formula is C13H14BrN3S. The van der Waals surface area contributed by atoms with Gasteiger partial charge in [-0.15, -0.1) is 0 Å². The zero-order valence-corrected chi connectivity index (χ0v) is 12.4. The summed E-state index contributed by atoms with van der Waals surface area (Å²) in [6, 6.07) is 7.94. The molecule has 0 fully saturated rings. The van der Waals surface area contributed by atoms with E-state index < -0.39 is 0 Å². The zero-order chi connectivity index (χ0) is 13.1. The summed E-state index contributed by atoms with van der Waals surface area (Å²) in [7, 11) is 2.01. The van der Waals surface area contributed by atoms with Crippen LogP contribution in [0, 0.1) is 5.41 Å². The van der Waals surface area contributed by atoms with E-state index in [2.05, 4.69) is 37.7 Å². The number of benzene rings is 1. The number of thiophene rings is 1. The molecule has 1 aromatic carbocycles. The van der Waals surface area contributed by atoms with Gasteiger partial charge in [0.1, 0.15) is 5.84 Å². The molecule has 0 saturated carbocycles. The van der Waals surface area contributed by atoms with E-state index in [1.807, 2.05) is 25.2 Å². The fraction of sp³-hybridized carbons (Fsp3) is 0.154. The zero-order valence-electron chi connectivity index (χ0n) is 9.98. The van der Waals surface area contributed by atoms with Gasteiger partial charge in [-0.2, -0.15) is 11.3 Å². The molecule has 0 atom stereocenters. The van der Waals surface area contributed by atoms with Crippen LogP contribution in [0.15, 0.2) is 39.5 Å². The van der Waals surface area contributed by atoms with Gasteiger partial charge in [0.05, 0.1) is 5.56 Å². The molecule has 0 aliphatic rings. The summed E-state index contributed by atoms with van der Waals surface area (Å²) in [5.41, 5.74) is 8.62. The van der Waals surface area contributed by atoms with Gasteiger partial charge in [-0.1, -0.05) is 6.07 Å². The van der Waals surface area contributed by atoms with E-state index in [1.165, 1.54) is 5.56 Å². The first-order valence-corrected chi connectivity index (χ1v) is 7.18. The first kappa shape index (κ1) is 13.1. The Morgan fingerprint density at radius 1 is 1.44 bits per heavy atom. The molecule has 2 aromatic rings. The Hall–Kier alpha value is -1.33. The molecule has 5 heteroatoms. The van der Waals surface area contributed by atoms with E-state index in [9.17, 15) is 0 Å². The largest absolute Gasteiger partial charge is 0.384 e. The number of amidine groups is 1. The molecule has 2 rings (SSSR count). The Kier molecular flexibility index (Phi) is 4.04. The molecule has 0 aliphatic heterocycles. The topological polar surface area (TPSA) is 53.1 Å². The van der Waals surface area contributed by atoms with Crippen molar-refractivity contribution in [2.75, 3.05) is 11.9 Å². The number of halogens is 1. The smallest absolute Gasteiger partial charge is 0.126 e. The second-order valence-corrected chi connectivity index (χ2v) is 5.67. The lowest BCUT2D eigenvalue weighted by molar-refractivity contribution is 0.925. The van der Waals surface area contributed by atoms with Crippen molar-refractivity contribution in [1.29, 1.82) is 5.41 Å². The molecule has 1 aromatic heterocycles. The summed E-state index contributed by atoms with van der Waals surface area (Å²) in [5.74, 6) is 0.0784. The van der Waals surface area contributed by atoms with Gasteiger partial charge < -0.3 is 10.6 Å². The number of hydrogen-bond donors (Lipinski definition) is 2. The van der Waals surface area contributed by atoms with Crippen LogP contribution in [0.1, 0.15) is 11.1 Å². The van der Waals surface area contributed by atoms with Gasteiger partial charge in [0.15, 0.2) is 0 Å². The van der Waals surface area contributed by atoms with Crippen molar-refractivity contribution in [2.24, 2.45) is 5.73 Å². The van der Waals surface area contributed by atoms with E-state index in [1.54, 1.807) is 11.3 Å². The van der Waals surface area contributed by atoms with Crippen LogP contribution in [0.5, 0.6) is 0 Å². The molecule has 0 bridgehead atoms. The quantitative estimate of drug-likeness (QED) is 0.669. The van der Waals surface area contributed by atoms with Crippen LogP contribution in [0.4, 0.5) is 5.69 Å². The van der Waals surface area contributed by atoms with Crippen molar-refractivity contribution in [2.45, 2.75) is 6.54 Å². The third-order valence-electron chi connectivity index (χ3n) is 2.67. The molecule has 18 heavy (non-hydrogen) atoms. The third kappa shape index (κ3) is 2.73. The van der Waals surface area contributed by atoms with Gasteiger partial charge in [-0.25, -0.2) is 0 Å². The summed E-state index contributed by atoms with van der Waals surface area (Å²) in [6.45, 7) is 0.806. The molecule has 0 spiro atoms. The first-order valence-electron chi connectivity index (χ1n) is 5.44. The van der Waals surface area contributed by atoms with Gasteiger partial charge >= 0.3 is 0 Å². The van der Waals surface area contributed by atoms with Gasteiger partial charge in [0.25, 0.3) is 0 Å². The third-order valence-corrected chi connectivity index (χ3v) is 4.06. The lowest BCUT2D eigenvalue weighted by Crippen LogP contribution is -2.22. The Bertz CT molecular complexity index is 551. The minimum atomic E-state index is 0.0784. The van der Waals surface area contributed by atoms with Crippen molar-refractivity contribution < 1.29 is 0 Å². The molecule has 0 aliphatic carbocycles. The van der Waals surface area contributed by atoms with E-state index in [0.717, 1.165) is 22.3 Å². The highest BCUT2D eigenvalue weighted by Gasteiger charge is 2.13. The second kappa shape index (κ2) is 5.54. The first-order chi connectivity index (χ1) is 8.59. The van der Waals surface area contributed by atoms with E-state index in [4.69, 9.17) is 11.1 Å². The number of anilines is 1. The van der Waals surface area contributed by atoms with Crippen LogP contribution in [0.2, 0.25) is 0 Å². The lowest BCUT2D eigenvalue weighted by atomic mass is 10.1. The Labute approximate surface area is 119 Å². The molecule has 0 saturated heterocycles. The van der Waals surface area contributed by atoms with Gasteiger partial charge in [-0.05, 0) is 50.5 Å². The van der Waals surface area contributed by atoms with Gasteiger partial charge in [0, 0.05) is 23.8 Å². The summed E-state index contributed by atoms with van der Waals surface area (Å²) in [4.78, 5) is 2.10. The fourth-order valence-electron chi connectivity index (χ4n) is 1.84. The van der Waals surface area contributed by atoms with Crippen molar-refractivity contribution in [3.05, 3.63) is 50.6 Å². The highest BCUT2D eigenvalue weighted by molar-refractivity contribution is 9.10. The molecule has 3 N–H and O–H groups in total. The van der Waals surface area contributed by atoms with E-state index in [-0.39, 0.29) is 5.84 Å². The van der Waals surface area contributed by atoms with Crippen LogP contribution in [-0.4, -0.2) is 12.9 Å². The monoisotopic (exact) mass is 323 g/mol. The predicted molar refractivity (Wildman–Crippen MR) is 81.6 cm³/mol. The number of nitrogens with zero attached hydrogens (tertiary/aromatic N) is 1. The van der Waals surface area contributed by atoms with Crippen molar-refractivity contribution >= 4 is 38.8 Å². The van der Waals surface area contributed by atoms with E-state index in [0.29, 0.717) is 0 Å². The molecule has 0 amide bonds. The highest BCUT2D eigenvalue weighted by Crippen LogP contribution is 2.27. The minimum absolute atomic E-state index is 0.0784. The normalized spacial score (nSPS) is 10.3. The standard InChI is InChI=1S/C13H14BrN3S/c1-17(7-9-5-6-18-8-9)11-4-2-3-10(14)12(11)13(15)16/h2-6,8H,7H2,1H3,(H3,15,16). The maximum atomic E-state index is 7.68. The second-order valence-electron chi connectivity index (χ2n) is 4.04. The molecule has 1 heterocycles. The maximum Gasteiger partial charge on any atom is 0.126 e. The number of rotatable bonds is 4. The number of nitrogen functional groups attached to an aromatic ring is 1. The minimum Gasteiger partial charge on any atom is -0.384 e. The molecule has 0 unspecified atom stereocenters. The summed E-state index contributed by atoms with van der Waals surface area (Å²) < 4.78 is 0.852. The Morgan fingerprint density at radius 3 is 2.83 bits per heavy atom. The molecule has 94 valence electrons. The lowest BCUT2D eigenvalue weighted by Gasteiger charge is -2.22. The summed E-state index contributed by atoms with van der Waals surface area (Å²) in [5, 5.41) is 11.9. The number of nitrogens with two attached hydrogens (primary N) is 1. The van der Waals surface area contributed by atoms with Crippen molar-refractivity contribution in [1.82, 2.24) is 0 Å². The average molecular weight is 324 g/mol. The molecule has 0 radical (unpaired) electrons. The fourth-order valence-corrected chi connectivity index (χ4v) is 3.07. The van der Waals surface area contributed by atoms with Crippen LogP contribution in [-0.2, 0) is 6.54 Å². The van der Waals surface area contributed by atoms with Crippen molar-refractivity contribution in [3.8, 4) is 0 Å². The summed E-state index contributed by atoms with van der Waals surface area (Å²) in [6.07, 6.45) is 0. The van der Waals surface area contributed by atoms with Crippen LogP contribution < -0.4 is 10.6 Å². The SMILES string of the molecule is CN(Cc1ccsc1)c1cccc(Br)c1C(=N)N. The Morgan fingerprint density at radius 2 is 2.22 bits per heavy atom. The average Bonchev–Trinajstić information content (AvgIpc) is 2.80. The number of hydrogen-bond acceptors (Lipinski definition) is 3. The summed E-state index contributed by atoms with van der Waals surface area (Å²) >= 11 is 5.14. The van der Waals surface area contributed by atoms with E-state index >= 15 is 0 Å². The van der Waals surface area contributed by atoms with Crippen LogP contribution in [0.3, 0.4) is 0 Å². The maximum absolute atomic E-state index is 7.68. The van der Waals surface area contributed by atoms with Gasteiger partial charge in [-0.3, -0.25) is 5.41 Å². The Balaban J connectivity index is 2.32.